The highest BCUT2D eigenvalue weighted by atomic mass is 32.2. The maximum Gasteiger partial charge on any atom is 0.260 e. The van der Waals surface area contributed by atoms with Crippen LogP contribution in [0.2, 0.25) is 0 Å². The quantitative estimate of drug-likeness (QED) is 0.786. The van der Waals surface area contributed by atoms with Crippen LogP contribution in [-0.2, 0) is 0 Å². The van der Waals surface area contributed by atoms with Crippen LogP contribution in [0.15, 0.2) is 45.2 Å². The summed E-state index contributed by atoms with van der Waals surface area (Å²) in [6.45, 7) is 0. The number of nitrogens with zero attached hydrogens (tertiary/aromatic N) is 1. The summed E-state index contributed by atoms with van der Waals surface area (Å²) in [6, 6.07) is 5.02. The Balaban J connectivity index is 2.29. The zero-order valence-corrected chi connectivity index (χ0v) is 9.03. The molecule has 0 aliphatic rings. The van der Waals surface area contributed by atoms with E-state index < -0.39 is 5.91 Å². The van der Waals surface area contributed by atoms with Crippen molar-refractivity contribution < 1.29 is 9.21 Å². The average molecular weight is 235 g/mol. The van der Waals surface area contributed by atoms with Crippen LogP contribution >= 0.6 is 11.8 Å². The third-order valence-corrected chi connectivity index (χ3v) is 2.77. The van der Waals surface area contributed by atoms with Gasteiger partial charge >= 0.3 is 0 Å². The second kappa shape index (κ2) is 4.28. The molecular formula is C10H9N3O2S. The highest BCUT2D eigenvalue weighted by Gasteiger charge is 2.08. The highest BCUT2D eigenvalue weighted by Crippen LogP contribution is 2.28. The van der Waals surface area contributed by atoms with E-state index in [0.29, 0.717) is 16.5 Å². The molecule has 0 saturated carbocycles. The van der Waals surface area contributed by atoms with E-state index in [2.05, 4.69) is 4.98 Å². The Kier molecular flexibility index (Phi) is 2.82. The van der Waals surface area contributed by atoms with Gasteiger partial charge in [0.1, 0.15) is 6.26 Å². The molecule has 0 unspecified atom stereocenters. The van der Waals surface area contributed by atoms with E-state index in [1.807, 2.05) is 0 Å². The summed E-state index contributed by atoms with van der Waals surface area (Å²) in [5, 5.41) is 0.500. The largest absolute Gasteiger partial charge is 0.440 e. The van der Waals surface area contributed by atoms with Gasteiger partial charge in [0.05, 0.1) is 11.8 Å². The van der Waals surface area contributed by atoms with Crippen LogP contribution in [0.25, 0.3) is 0 Å². The van der Waals surface area contributed by atoms with Gasteiger partial charge in [0.15, 0.2) is 0 Å². The SMILES string of the molecule is NC(=O)c1cc(Sc2ncco2)ccc1N. The minimum atomic E-state index is -0.549. The predicted octanol–water partition coefficient (Wildman–Crippen LogP) is 1.51. The number of rotatable bonds is 3. The van der Waals surface area contributed by atoms with E-state index in [4.69, 9.17) is 15.9 Å². The van der Waals surface area contributed by atoms with Crippen LogP contribution < -0.4 is 11.5 Å². The molecule has 1 aromatic carbocycles. The first-order valence-electron chi connectivity index (χ1n) is 4.43. The van der Waals surface area contributed by atoms with Gasteiger partial charge in [-0.1, -0.05) is 0 Å². The van der Waals surface area contributed by atoms with Gasteiger partial charge in [-0.3, -0.25) is 4.79 Å². The van der Waals surface area contributed by atoms with Gasteiger partial charge in [-0.05, 0) is 30.0 Å². The third-order valence-electron chi connectivity index (χ3n) is 1.91. The minimum Gasteiger partial charge on any atom is -0.440 e. The van der Waals surface area contributed by atoms with Gasteiger partial charge in [0, 0.05) is 10.6 Å². The Labute approximate surface area is 95.8 Å². The van der Waals surface area contributed by atoms with Gasteiger partial charge in [-0.2, -0.15) is 0 Å². The van der Waals surface area contributed by atoms with Crippen molar-refractivity contribution in [1.82, 2.24) is 4.98 Å². The first-order chi connectivity index (χ1) is 7.66. The van der Waals surface area contributed by atoms with Crippen molar-refractivity contribution >= 4 is 23.4 Å². The Bertz CT molecular complexity index is 511. The van der Waals surface area contributed by atoms with E-state index >= 15 is 0 Å². The molecule has 0 aliphatic carbocycles. The number of anilines is 1. The fourth-order valence-electron chi connectivity index (χ4n) is 1.17. The van der Waals surface area contributed by atoms with Gasteiger partial charge in [0.25, 0.3) is 11.1 Å². The number of benzene rings is 1. The van der Waals surface area contributed by atoms with Crippen molar-refractivity contribution in [3.8, 4) is 0 Å². The second-order valence-electron chi connectivity index (χ2n) is 3.01. The number of primary amides is 1. The Morgan fingerprint density at radius 2 is 2.25 bits per heavy atom. The molecule has 1 aromatic heterocycles. The summed E-state index contributed by atoms with van der Waals surface area (Å²) in [5.74, 6) is -0.549. The number of nitrogens with two attached hydrogens (primary N) is 2. The zero-order valence-electron chi connectivity index (χ0n) is 8.21. The topological polar surface area (TPSA) is 95.1 Å². The molecule has 0 aliphatic heterocycles. The molecule has 4 N–H and O–H groups in total. The molecule has 16 heavy (non-hydrogen) atoms. The van der Waals surface area contributed by atoms with Crippen molar-refractivity contribution in [3.63, 3.8) is 0 Å². The predicted molar refractivity (Wildman–Crippen MR) is 60.0 cm³/mol. The fourth-order valence-corrected chi connectivity index (χ4v) is 1.91. The number of oxazole rings is 1. The van der Waals surface area contributed by atoms with Crippen molar-refractivity contribution in [2.45, 2.75) is 10.1 Å². The first kappa shape index (κ1) is 10.6. The van der Waals surface area contributed by atoms with Crippen LogP contribution in [0.4, 0.5) is 5.69 Å². The monoisotopic (exact) mass is 235 g/mol. The molecule has 0 radical (unpaired) electrons. The molecule has 2 aromatic rings. The molecule has 6 heteroatoms. The highest BCUT2D eigenvalue weighted by molar-refractivity contribution is 7.99. The lowest BCUT2D eigenvalue weighted by atomic mass is 10.2. The Hall–Kier alpha value is -1.95. The van der Waals surface area contributed by atoms with Crippen LogP contribution in [0, 0.1) is 0 Å². The normalized spacial score (nSPS) is 10.2. The van der Waals surface area contributed by atoms with E-state index in [0.717, 1.165) is 4.90 Å². The summed E-state index contributed by atoms with van der Waals surface area (Å²) in [6.07, 6.45) is 3.03. The lowest BCUT2D eigenvalue weighted by Crippen LogP contribution is -2.13. The molecule has 0 saturated heterocycles. The molecule has 0 bridgehead atoms. The maximum atomic E-state index is 11.1. The number of nitrogen functional groups attached to an aromatic ring is 1. The number of hydrogen-bond acceptors (Lipinski definition) is 5. The van der Waals surface area contributed by atoms with E-state index in [9.17, 15) is 4.79 Å². The number of carbonyl (C=O) groups excluding carboxylic acids is 1. The van der Waals surface area contributed by atoms with Gasteiger partial charge < -0.3 is 15.9 Å². The maximum absolute atomic E-state index is 11.1. The van der Waals surface area contributed by atoms with Crippen LogP contribution in [0.1, 0.15) is 10.4 Å². The smallest absolute Gasteiger partial charge is 0.260 e. The van der Waals surface area contributed by atoms with Gasteiger partial charge in [-0.25, -0.2) is 4.98 Å². The zero-order chi connectivity index (χ0) is 11.5. The average Bonchev–Trinajstić information content (AvgIpc) is 2.73. The molecule has 0 fully saturated rings. The van der Waals surface area contributed by atoms with Crippen LogP contribution in [0.3, 0.4) is 0 Å². The number of aromatic nitrogens is 1. The molecule has 5 nitrogen and oxygen atoms in total. The number of amides is 1. The summed E-state index contributed by atoms with van der Waals surface area (Å²) < 4.78 is 5.07. The molecule has 1 heterocycles. The first-order valence-corrected chi connectivity index (χ1v) is 5.25. The van der Waals surface area contributed by atoms with Gasteiger partial charge in [0.2, 0.25) is 0 Å². The number of hydrogen-bond donors (Lipinski definition) is 2. The third kappa shape index (κ3) is 2.17. The van der Waals surface area contributed by atoms with Crippen molar-refractivity contribution in [1.29, 1.82) is 0 Å². The summed E-state index contributed by atoms with van der Waals surface area (Å²) in [4.78, 5) is 15.8. The molecule has 2 rings (SSSR count). The lowest BCUT2D eigenvalue weighted by molar-refractivity contribution is 0.100. The summed E-state index contributed by atoms with van der Waals surface area (Å²) >= 11 is 1.29. The van der Waals surface area contributed by atoms with Crippen LogP contribution in [0.5, 0.6) is 0 Å². The second-order valence-corrected chi connectivity index (χ2v) is 4.04. The fraction of sp³-hybridized carbons (Fsp3) is 0. The van der Waals surface area contributed by atoms with Crippen molar-refractivity contribution in [2.24, 2.45) is 5.73 Å². The minimum absolute atomic E-state index is 0.302. The number of carbonyl (C=O) groups is 1. The molecule has 0 spiro atoms. The van der Waals surface area contributed by atoms with Crippen molar-refractivity contribution in [2.75, 3.05) is 5.73 Å². The molecule has 0 atom stereocenters. The van der Waals surface area contributed by atoms with E-state index in [-0.39, 0.29) is 0 Å². The Morgan fingerprint density at radius 3 is 2.88 bits per heavy atom. The Morgan fingerprint density at radius 1 is 1.44 bits per heavy atom. The standard InChI is InChI=1S/C10H9N3O2S/c11-8-2-1-6(5-7(8)9(12)14)16-10-13-3-4-15-10/h1-5H,11H2,(H2,12,14). The van der Waals surface area contributed by atoms with Crippen LogP contribution in [-0.4, -0.2) is 10.9 Å². The van der Waals surface area contributed by atoms with Gasteiger partial charge in [-0.15, -0.1) is 0 Å². The van der Waals surface area contributed by atoms with E-state index in [1.165, 1.54) is 18.0 Å². The van der Waals surface area contributed by atoms with E-state index in [1.54, 1.807) is 24.4 Å². The summed E-state index contributed by atoms with van der Waals surface area (Å²) in [5.41, 5.74) is 11.5. The van der Waals surface area contributed by atoms with Crippen molar-refractivity contribution in [3.05, 3.63) is 36.2 Å². The molecule has 82 valence electrons. The summed E-state index contributed by atoms with van der Waals surface area (Å²) in [7, 11) is 0. The lowest BCUT2D eigenvalue weighted by Gasteiger charge is -2.03. The molecular weight excluding hydrogens is 226 g/mol. The molecule has 1 amide bonds.